The molecule has 4 heteroatoms. The molecule has 0 aromatic carbocycles. The number of nitrogens with one attached hydrogen (secondary N) is 1. The average Bonchev–Trinajstić information content (AvgIpc) is 2.93. The lowest BCUT2D eigenvalue weighted by molar-refractivity contribution is 0.306. The predicted octanol–water partition coefficient (Wildman–Crippen LogP) is 3.99. The Balaban J connectivity index is 2.78. The Morgan fingerprint density at radius 1 is 1.19 bits per heavy atom. The third kappa shape index (κ3) is 5.77. The molecule has 0 saturated heterocycles. The Morgan fingerprint density at radius 3 is 2.52 bits per heavy atom. The molecule has 0 spiro atoms. The van der Waals surface area contributed by atoms with Crippen LogP contribution in [0.1, 0.15) is 78.6 Å². The van der Waals surface area contributed by atoms with Crippen molar-refractivity contribution in [3.8, 4) is 0 Å². The molecule has 122 valence electrons. The van der Waals surface area contributed by atoms with Gasteiger partial charge < -0.3 is 5.32 Å². The lowest BCUT2D eigenvalue weighted by Gasteiger charge is -2.27. The first kappa shape index (κ1) is 18.1. The average molecular weight is 294 g/mol. The van der Waals surface area contributed by atoms with Gasteiger partial charge in [-0.05, 0) is 39.2 Å². The number of nitrogens with zero attached hydrogens (tertiary/aromatic N) is 3. The highest BCUT2D eigenvalue weighted by atomic mass is 15.3. The first-order valence-corrected chi connectivity index (χ1v) is 8.75. The van der Waals surface area contributed by atoms with Gasteiger partial charge in [0.2, 0.25) is 0 Å². The van der Waals surface area contributed by atoms with Gasteiger partial charge in [-0.3, -0.25) is 0 Å². The van der Waals surface area contributed by atoms with Crippen LogP contribution in [0, 0.1) is 5.92 Å². The van der Waals surface area contributed by atoms with Gasteiger partial charge in [-0.1, -0.05) is 40.0 Å². The molecule has 1 aromatic heterocycles. The van der Waals surface area contributed by atoms with Gasteiger partial charge in [0.1, 0.15) is 12.2 Å². The van der Waals surface area contributed by atoms with Crippen molar-refractivity contribution >= 4 is 0 Å². The van der Waals surface area contributed by atoms with Crippen LogP contribution in [0.2, 0.25) is 0 Å². The Bertz CT molecular complexity index is 373. The summed E-state index contributed by atoms with van der Waals surface area (Å²) in [5.74, 6) is 1.85. The predicted molar refractivity (Wildman–Crippen MR) is 89.5 cm³/mol. The first-order valence-electron chi connectivity index (χ1n) is 8.75. The molecule has 1 aromatic rings. The second-order valence-electron chi connectivity index (χ2n) is 6.29. The highest BCUT2D eigenvalue weighted by molar-refractivity contribution is 4.93. The molecule has 2 atom stereocenters. The van der Waals surface area contributed by atoms with E-state index in [-0.39, 0.29) is 0 Å². The Kier molecular flexibility index (Phi) is 8.58. The molecule has 4 nitrogen and oxygen atoms in total. The van der Waals surface area contributed by atoms with E-state index < -0.39 is 0 Å². The highest BCUT2D eigenvalue weighted by Crippen LogP contribution is 2.20. The van der Waals surface area contributed by atoms with Gasteiger partial charge in [0.15, 0.2) is 0 Å². The van der Waals surface area contributed by atoms with Crippen molar-refractivity contribution < 1.29 is 0 Å². The van der Waals surface area contributed by atoms with Gasteiger partial charge >= 0.3 is 0 Å². The van der Waals surface area contributed by atoms with Crippen molar-refractivity contribution in [1.82, 2.24) is 20.1 Å². The fourth-order valence-corrected chi connectivity index (χ4v) is 2.94. The lowest BCUT2D eigenvalue weighted by atomic mass is 9.89. The molecule has 0 aliphatic heterocycles. The fraction of sp³-hybridized carbons (Fsp3) is 0.882. The molecule has 0 saturated carbocycles. The Hall–Kier alpha value is -0.900. The molecular weight excluding hydrogens is 260 g/mol. The minimum Gasteiger partial charge on any atom is -0.313 e. The SMILES string of the molecule is CCCCC(CC)C(Cc1ncnn1C(C)C)NCCC. The van der Waals surface area contributed by atoms with Gasteiger partial charge in [0.05, 0.1) is 0 Å². The zero-order valence-electron chi connectivity index (χ0n) is 14.6. The van der Waals surface area contributed by atoms with E-state index in [2.05, 4.69) is 54.7 Å². The van der Waals surface area contributed by atoms with Crippen LogP contribution in [0.3, 0.4) is 0 Å². The van der Waals surface area contributed by atoms with Crippen LogP contribution in [0.15, 0.2) is 6.33 Å². The van der Waals surface area contributed by atoms with Crippen molar-refractivity contribution in [3.05, 3.63) is 12.2 Å². The van der Waals surface area contributed by atoms with E-state index in [0.29, 0.717) is 12.1 Å². The molecule has 0 aliphatic carbocycles. The summed E-state index contributed by atoms with van der Waals surface area (Å²) in [7, 11) is 0. The minimum absolute atomic E-state index is 0.380. The lowest BCUT2D eigenvalue weighted by Crippen LogP contribution is -2.39. The molecule has 1 rings (SSSR count). The maximum absolute atomic E-state index is 4.49. The van der Waals surface area contributed by atoms with Gasteiger partial charge in [-0.15, -0.1) is 0 Å². The van der Waals surface area contributed by atoms with Crippen LogP contribution in [-0.2, 0) is 6.42 Å². The van der Waals surface area contributed by atoms with Crippen molar-refractivity contribution in [3.63, 3.8) is 0 Å². The quantitative estimate of drug-likeness (QED) is 0.671. The van der Waals surface area contributed by atoms with E-state index in [0.717, 1.165) is 24.7 Å². The summed E-state index contributed by atoms with van der Waals surface area (Å²) in [5, 5.41) is 8.13. The Labute approximate surface area is 130 Å². The summed E-state index contributed by atoms with van der Waals surface area (Å²) in [6.07, 6.45) is 9.00. The standard InChI is InChI=1S/C17H34N4/c1-6-9-10-15(8-3)16(18-11-7-2)12-17-19-13-20-21(17)14(4)5/h13-16,18H,6-12H2,1-5H3. The fourth-order valence-electron chi connectivity index (χ4n) is 2.94. The van der Waals surface area contributed by atoms with Crippen molar-refractivity contribution in [2.45, 2.75) is 85.2 Å². The molecule has 0 bridgehead atoms. The smallest absolute Gasteiger partial charge is 0.138 e. The topological polar surface area (TPSA) is 42.7 Å². The van der Waals surface area contributed by atoms with E-state index in [1.54, 1.807) is 6.33 Å². The largest absolute Gasteiger partial charge is 0.313 e. The van der Waals surface area contributed by atoms with Crippen molar-refractivity contribution in [2.24, 2.45) is 5.92 Å². The summed E-state index contributed by atoms with van der Waals surface area (Å²) in [5.41, 5.74) is 0. The molecule has 1 heterocycles. The van der Waals surface area contributed by atoms with E-state index >= 15 is 0 Å². The monoisotopic (exact) mass is 294 g/mol. The number of rotatable bonds is 11. The van der Waals surface area contributed by atoms with E-state index in [1.807, 2.05) is 0 Å². The van der Waals surface area contributed by atoms with Crippen molar-refractivity contribution in [1.29, 1.82) is 0 Å². The summed E-state index contributed by atoms with van der Waals surface area (Å²) >= 11 is 0. The van der Waals surface area contributed by atoms with Crippen LogP contribution < -0.4 is 5.32 Å². The molecule has 1 N–H and O–H groups in total. The second kappa shape index (κ2) is 9.93. The minimum atomic E-state index is 0.380. The zero-order valence-corrected chi connectivity index (χ0v) is 14.6. The van der Waals surface area contributed by atoms with Crippen LogP contribution in [-0.4, -0.2) is 27.4 Å². The third-order valence-electron chi connectivity index (χ3n) is 4.22. The van der Waals surface area contributed by atoms with E-state index in [1.165, 1.54) is 32.1 Å². The second-order valence-corrected chi connectivity index (χ2v) is 6.29. The van der Waals surface area contributed by atoms with Crippen LogP contribution in [0.4, 0.5) is 0 Å². The maximum Gasteiger partial charge on any atom is 0.138 e. The van der Waals surface area contributed by atoms with Gasteiger partial charge in [-0.2, -0.15) is 5.10 Å². The van der Waals surface area contributed by atoms with E-state index in [4.69, 9.17) is 0 Å². The van der Waals surface area contributed by atoms with Crippen LogP contribution >= 0.6 is 0 Å². The first-order chi connectivity index (χ1) is 10.1. The number of hydrogen-bond acceptors (Lipinski definition) is 3. The van der Waals surface area contributed by atoms with Crippen LogP contribution in [0.5, 0.6) is 0 Å². The van der Waals surface area contributed by atoms with Gasteiger partial charge in [0, 0.05) is 18.5 Å². The maximum atomic E-state index is 4.49. The normalized spacial score (nSPS) is 14.6. The van der Waals surface area contributed by atoms with Crippen molar-refractivity contribution in [2.75, 3.05) is 6.54 Å². The molecule has 2 unspecified atom stereocenters. The third-order valence-corrected chi connectivity index (χ3v) is 4.22. The van der Waals surface area contributed by atoms with E-state index in [9.17, 15) is 0 Å². The molecule has 0 radical (unpaired) electrons. The van der Waals surface area contributed by atoms with Crippen LogP contribution in [0.25, 0.3) is 0 Å². The summed E-state index contributed by atoms with van der Waals surface area (Å²) < 4.78 is 2.06. The molecule has 21 heavy (non-hydrogen) atoms. The summed E-state index contributed by atoms with van der Waals surface area (Å²) in [6, 6.07) is 0.897. The number of hydrogen-bond donors (Lipinski definition) is 1. The summed E-state index contributed by atoms with van der Waals surface area (Å²) in [6.45, 7) is 12.2. The molecular formula is C17H34N4. The molecule has 0 amide bonds. The Morgan fingerprint density at radius 2 is 1.95 bits per heavy atom. The zero-order chi connectivity index (χ0) is 15.7. The van der Waals surface area contributed by atoms with Gasteiger partial charge in [0.25, 0.3) is 0 Å². The summed E-state index contributed by atoms with van der Waals surface area (Å²) in [4.78, 5) is 4.49. The van der Waals surface area contributed by atoms with Gasteiger partial charge in [-0.25, -0.2) is 9.67 Å². The molecule has 0 fully saturated rings. The number of unbranched alkanes of at least 4 members (excludes halogenated alkanes) is 1. The number of aromatic nitrogens is 3. The molecule has 0 aliphatic rings. The highest BCUT2D eigenvalue weighted by Gasteiger charge is 2.22.